The number of rotatable bonds is 7. The van der Waals surface area contributed by atoms with Crippen LogP contribution in [-0.2, 0) is 6.42 Å². The Balaban J connectivity index is 1.32. The normalized spacial score (nSPS) is 15.0. The average molecular weight is 499 g/mol. The molecule has 1 aliphatic heterocycles. The molecule has 2 amide bonds. The first kappa shape index (κ1) is 24.0. The topological polar surface area (TPSA) is 58.4 Å². The van der Waals surface area contributed by atoms with Crippen molar-refractivity contribution in [3.63, 3.8) is 0 Å². The molecule has 0 radical (unpaired) electrons. The standard InChI is InChI=1S/C29H30N4O2S/c1-31(28(34)24-14-19-36-21-24)27(20-22-8-3-2-4-9-22)23-12-17-32(18-13-23)29(35)25-10-5-6-11-26(25)33-16-7-15-30-33/h2-11,14-16,19,21,23,27H,12-13,17-18,20H2,1H3/t27-/m0/s1. The molecule has 5 rings (SSSR count). The summed E-state index contributed by atoms with van der Waals surface area (Å²) in [5.41, 5.74) is 3.41. The van der Waals surface area contributed by atoms with E-state index < -0.39 is 0 Å². The predicted octanol–water partition coefficient (Wildman–Crippen LogP) is 5.17. The van der Waals surface area contributed by atoms with Gasteiger partial charge in [0.1, 0.15) is 0 Å². The number of piperidine rings is 1. The quantitative estimate of drug-likeness (QED) is 0.353. The SMILES string of the molecule is CN(C(=O)c1ccsc1)[C@@H](Cc1ccccc1)C1CCN(C(=O)c2ccccc2-n2cccn2)CC1. The van der Waals surface area contributed by atoms with Gasteiger partial charge in [-0.05, 0) is 60.4 Å². The monoisotopic (exact) mass is 498 g/mol. The maximum Gasteiger partial charge on any atom is 0.256 e. The number of aromatic nitrogens is 2. The molecular formula is C29H30N4O2S. The number of hydrogen-bond donors (Lipinski definition) is 0. The van der Waals surface area contributed by atoms with Gasteiger partial charge in [-0.3, -0.25) is 9.59 Å². The Hall–Kier alpha value is -3.71. The van der Waals surface area contributed by atoms with Crippen LogP contribution in [0.1, 0.15) is 39.1 Å². The summed E-state index contributed by atoms with van der Waals surface area (Å²) in [5.74, 6) is 0.397. The van der Waals surface area contributed by atoms with Crippen molar-refractivity contribution in [2.24, 2.45) is 5.92 Å². The summed E-state index contributed by atoms with van der Waals surface area (Å²) in [4.78, 5) is 30.6. The number of thiophene rings is 1. The number of benzene rings is 2. The van der Waals surface area contributed by atoms with E-state index in [0.29, 0.717) is 24.6 Å². The third-order valence-electron chi connectivity index (χ3n) is 7.13. The van der Waals surface area contributed by atoms with Crippen LogP contribution in [0.3, 0.4) is 0 Å². The van der Waals surface area contributed by atoms with Crippen LogP contribution in [-0.4, -0.2) is 57.6 Å². The minimum absolute atomic E-state index is 0.0295. The lowest BCUT2D eigenvalue weighted by atomic mass is 9.84. The molecule has 2 aromatic carbocycles. The smallest absolute Gasteiger partial charge is 0.256 e. The number of likely N-dealkylation sites (N-methyl/N-ethyl adjacent to an activating group) is 1. The highest BCUT2D eigenvalue weighted by Crippen LogP contribution is 2.29. The van der Waals surface area contributed by atoms with Crippen molar-refractivity contribution < 1.29 is 9.59 Å². The van der Waals surface area contributed by atoms with Crippen molar-refractivity contribution in [3.05, 3.63) is 107 Å². The molecule has 2 aromatic heterocycles. The Morgan fingerprint density at radius 2 is 1.78 bits per heavy atom. The first-order valence-corrected chi connectivity index (χ1v) is 13.3. The fourth-order valence-corrected chi connectivity index (χ4v) is 5.77. The highest BCUT2D eigenvalue weighted by atomic mass is 32.1. The third kappa shape index (κ3) is 5.11. The molecule has 36 heavy (non-hydrogen) atoms. The van der Waals surface area contributed by atoms with Crippen LogP contribution in [0, 0.1) is 5.92 Å². The lowest BCUT2D eigenvalue weighted by Gasteiger charge is -2.40. The fourth-order valence-electron chi connectivity index (χ4n) is 5.14. The van der Waals surface area contributed by atoms with Gasteiger partial charge in [0.2, 0.25) is 0 Å². The van der Waals surface area contributed by atoms with Gasteiger partial charge in [0.05, 0.1) is 16.8 Å². The Labute approximate surface area is 215 Å². The molecule has 7 heteroatoms. The molecule has 0 aliphatic carbocycles. The molecule has 0 spiro atoms. The van der Waals surface area contributed by atoms with Crippen molar-refractivity contribution in [1.29, 1.82) is 0 Å². The number of hydrogen-bond acceptors (Lipinski definition) is 4. The minimum Gasteiger partial charge on any atom is -0.339 e. The summed E-state index contributed by atoms with van der Waals surface area (Å²) in [5, 5.41) is 8.17. The molecule has 0 unspecified atom stereocenters. The Kier molecular flexibility index (Phi) is 7.28. The summed E-state index contributed by atoms with van der Waals surface area (Å²) in [6, 6.07) is 21.8. The number of likely N-dealkylation sites (tertiary alicyclic amines) is 1. The van der Waals surface area contributed by atoms with E-state index in [1.54, 1.807) is 22.2 Å². The van der Waals surface area contributed by atoms with E-state index in [4.69, 9.17) is 0 Å². The van der Waals surface area contributed by atoms with Crippen molar-refractivity contribution in [3.8, 4) is 5.69 Å². The summed E-state index contributed by atoms with van der Waals surface area (Å²) >= 11 is 1.54. The van der Waals surface area contributed by atoms with Gasteiger partial charge in [0, 0.05) is 44.0 Å². The first-order chi connectivity index (χ1) is 17.6. The second-order valence-electron chi connectivity index (χ2n) is 9.28. The van der Waals surface area contributed by atoms with E-state index >= 15 is 0 Å². The molecule has 3 heterocycles. The molecule has 1 atom stereocenters. The maximum absolute atomic E-state index is 13.5. The summed E-state index contributed by atoms with van der Waals surface area (Å²) in [6.45, 7) is 1.34. The van der Waals surface area contributed by atoms with E-state index in [2.05, 4.69) is 17.2 Å². The van der Waals surface area contributed by atoms with Gasteiger partial charge < -0.3 is 9.80 Å². The van der Waals surface area contributed by atoms with Gasteiger partial charge >= 0.3 is 0 Å². The predicted molar refractivity (Wildman–Crippen MR) is 143 cm³/mol. The molecule has 1 aliphatic rings. The van der Waals surface area contributed by atoms with Gasteiger partial charge in [0.25, 0.3) is 11.8 Å². The average Bonchev–Trinajstić information content (AvgIpc) is 3.66. The second kappa shape index (κ2) is 10.9. The zero-order valence-corrected chi connectivity index (χ0v) is 21.2. The van der Waals surface area contributed by atoms with Gasteiger partial charge in [-0.15, -0.1) is 0 Å². The molecule has 6 nitrogen and oxygen atoms in total. The second-order valence-corrected chi connectivity index (χ2v) is 10.1. The summed E-state index contributed by atoms with van der Waals surface area (Å²) < 4.78 is 1.74. The van der Waals surface area contributed by atoms with E-state index in [0.717, 1.165) is 30.5 Å². The van der Waals surface area contributed by atoms with Crippen LogP contribution in [0.4, 0.5) is 0 Å². The molecule has 4 aromatic rings. The van der Waals surface area contributed by atoms with E-state index in [1.165, 1.54) is 5.56 Å². The van der Waals surface area contributed by atoms with Gasteiger partial charge in [-0.1, -0.05) is 42.5 Å². The van der Waals surface area contributed by atoms with Crippen molar-refractivity contribution in [2.75, 3.05) is 20.1 Å². The lowest BCUT2D eigenvalue weighted by Crippen LogP contribution is -2.48. The fraction of sp³-hybridized carbons (Fsp3) is 0.276. The van der Waals surface area contributed by atoms with Crippen LogP contribution in [0.5, 0.6) is 0 Å². The van der Waals surface area contributed by atoms with Crippen LogP contribution >= 0.6 is 11.3 Å². The van der Waals surface area contributed by atoms with Gasteiger partial charge in [0.15, 0.2) is 0 Å². The van der Waals surface area contributed by atoms with Crippen LogP contribution < -0.4 is 0 Å². The van der Waals surface area contributed by atoms with Crippen molar-refractivity contribution >= 4 is 23.2 Å². The Morgan fingerprint density at radius 3 is 2.47 bits per heavy atom. The van der Waals surface area contributed by atoms with Crippen LogP contribution in [0.15, 0.2) is 89.9 Å². The van der Waals surface area contributed by atoms with Crippen LogP contribution in [0.2, 0.25) is 0 Å². The molecule has 1 saturated heterocycles. The van der Waals surface area contributed by atoms with Crippen molar-refractivity contribution in [2.45, 2.75) is 25.3 Å². The number of para-hydroxylation sites is 1. The molecule has 0 saturated carbocycles. The molecule has 0 N–H and O–H groups in total. The zero-order valence-electron chi connectivity index (χ0n) is 20.4. The highest BCUT2D eigenvalue weighted by molar-refractivity contribution is 7.08. The molecular weight excluding hydrogens is 468 g/mol. The zero-order chi connectivity index (χ0) is 24.9. The van der Waals surface area contributed by atoms with Gasteiger partial charge in [-0.2, -0.15) is 16.4 Å². The number of carbonyl (C=O) groups excluding carboxylic acids is 2. The van der Waals surface area contributed by atoms with E-state index in [1.807, 2.05) is 88.4 Å². The number of amides is 2. The van der Waals surface area contributed by atoms with Crippen molar-refractivity contribution in [1.82, 2.24) is 19.6 Å². The molecule has 0 bridgehead atoms. The Morgan fingerprint density at radius 1 is 1.03 bits per heavy atom. The summed E-state index contributed by atoms with van der Waals surface area (Å²) in [6.07, 6.45) is 6.08. The minimum atomic E-state index is 0.0295. The van der Waals surface area contributed by atoms with E-state index in [-0.39, 0.29) is 17.9 Å². The summed E-state index contributed by atoms with van der Waals surface area (Å²) in [7, 11) is 1.92. The highest BCUT2D eigenvalue weighted by Gasteiger charge is 2.33. The number of nitrogens with zero attached hydrogens (tertiary/aromatic N) is 4. The maximum atomic E-state index is 13.5. The largest absolute Gasteiger partial charge is 0.339 e. The molecule has 184 valence electrons. The first-order valence-electron chi connectivity index (χ1n) is 12.3. The van der Waals surface area contributed by atoms with Crippen LogP contribution in [0.25, 0.3) is 5.69 Å². The number of carbonyl (C=O) groups is 2. The van der Waals surface area contributed by atoms with E-state index in [9.17, 15) is 9.59 Å². The molecule has 1 fully saturated rings. The lowest BCUT2D eigenvalue weighted by molar-refractivity contribution is 0.0522. The van der Waals surface area contributed by atoms with Gasteiger partial charge in [-0.25, -0.2) is 4.68 Å². The third-order valence-corrected chi connectivity index (χ3v) is 7.81. The Bertz CT molecular complexity index is 1280.